The predicted molar refractivity (Wildman–Crippen MR) is 99.9 cm³/mol. The average Bonchev–Trinajstić information content (AvgIpc) is 2.67. The lowest BCUT2D eigenvalue weighted by molar-refractivity contribution is -0.126. The number of methoxy groups -OCH3 is 1. The van der Waals surface area contributed by atoms with E-state index in [4.69, 9.17) is 9.47 Å². The van der Waals surface area contributed by atoms with Crippen molar-refractivity contribution >= 4 is 17.7 Å². The number of benzene rings is 2. The molecule has 2 aromatic carbocycles. The smallest absolute Gasteiger partial charge is 0.321 e. The molecule has 0 saturated carbocycles. The summed E-state index contributed by atoms with van der Waals surface area (Å²) in [6.45, 7) is 3.26. The minimum atomic E-state index is -0.940. The molecule has 0 unspecified atom stereocenters. The molecule has 2 rings (SSSR count). The van der Waals surface area contributed by atoms with Crippen molar-refractivity contribution in [2.75, 3.05) is 7.11 Å². The molecule has 0 saturated heterocycles. The number of hydrogen-bond acceptors (Lipinski definition) is 5. The van der Waals surface area contributed by atoms with Gasteiger partial charge in [-0.3, -0.25) is 14.9 Å². The van der Waals surface area contributed by atoms with Gasteiger partial charge in [0.25, 0.3) is 5.91 Å². The van der Waals surface area contributed by atoms with E-state index in [-0.39, 0.29) is 5.78 Å². The van der Waals surface area contributed by atoms with Gasteiger partial charge in [0.05, 0.1) is 7.11 Å². The Balaban J connectivity index is 1.91. The number of hydrogen-bond donors (Lipinski definition) is 2. The largest absolute Gasteiger partial charge is 0.493 e. The zero-order valence-electron chi connectivity index (χ0n) is 15.4. The van der Waals surface area contributed by atoms with Gasteiger partial charge < -0.3 is 14.8 Å². The Labute approximate surface area is 157 Å². The van der Waals surface area contributed by atoms with Crippen LogP contribution >= 0.6 is 0 Å². The second-order valence-corrected chi connectivity index (χ2v) is 5.84. The minimum absolute atomic E-state index is 0.110. The van der Waals surface area contributed by atoms with Crippen LogP contribution in [0, 0.1) is 0 Å². The highest BCUT2D eigenvalue weighted by molar-refractivity contribution is 5.96. The SMILES string of the molecule is COc1cc(C(C)=O)ccc1O[C@@H](C)C(=O)NC(=O)NCc1ccccc1. The van der Waals surface area contributed by atoms with Crippen molar-refractivity contribution < 1.29 is 23.9 Å². The fraction of sp³-hybridized carbons (Fsp3) is 0.250. The number of imide groups is 1. The lowest BCUT2D eigenvalue weighted by atomic mass is 10.1. The third-order valence-electron chi connectivity index (χ3n) is 3.78. The zero-order chi connectivity index (χ0) is 19.8. The van der Waals surface area contributed by atoms with Crippen molar-refractivity contribution in [3.8, 4) is 11.5 Å². The Morgan fingerprint density at radius 2 is 1.74 bits per heavy atom. The molecule has 0 spiro atoms. The van der Waals surface area contributed by atoms with Crippen LogP contribution in [-0.4, -0.2) is 30.9 Å². The molecule has 0 aliphatic heterocycles. The van der Waals surface area contributed by atoms with Gasteiger partial charge in [-0.2, -0.15) is 0 Å². The number of carbonyl (C=O) groups excluding carboxylic acids is 3. The van der Waals surface area contributed by atoms with Crippen LogP contribution in [0.1, 0.15) is 29.8 Å². The summed E-state index contributed by atoms with van der Waals surface area (Å²) in [7, 11) is 1.44. The maximum absolute atomic E-state index is 12.2. The molecule has 0 heterocycles. The first-order valence-electron chi connectivity index (χ1n) is 8.39. The predicted octanol–water partition coefficient (Wildman–Crippen LogP) is 2.69. The first-order valence-corrected chi connectivity index (χ1v) is 8.39. The van der Waals surface area contributed by atoms with Crippen molar-refractivity contribution in [1.29, 1.82) is 0 Å². The maximum atomic E-state index is 12.2. The molecule has 0 bridgehead atoms. The Morgan fingerprint density at radius 1 is 1.04 bits per heavy atom. The Hall–Kier alpha value is -3.35. The summed E-state index contributed by atoms with van der Waals surface area (Å²) in [5.41, 5.74) is 1.39. The van der Waals surface area contributed by atoms with Crippen molar-refractivity contribution in [3.05, 3.63) is 59.7 Å². The number of rotatable bonds is 7. The Bertz CT molecular complexity index is 820. The molecule has 2 aromatic rings. The molecule has 27 heavy (non-hydrogen) atoms. The summed E-state index contributed by atoms with van der Waals surface area (Å²) in [6.07, 6.45) is -0.940. The third-order valence-corrected chi connectivity index (χ3v) is 3.78. The van der Waals surface area contributed by atoms with E-state index >= 15 is 0 Å². The van der Waals surface area contributed by atoms with Crippen LogP contribution in [0.4, 0.5) is 4.79 Å². The molecule has 1 atom stereocenters. The number of carbonyl (C=O) groups is 3. The number of ether oxygens (including phenoxy) is 2. The molecule has 0 aliphatic rings. The van der Waals surface area contributed by atoms with E-state index in [9.17, 15) is 14.4 Å². The highest BCUT2D eigenvalue weighted by atomic mass is 16.5. The molecule has 0 radical (unpaired) electrons. The highest BCUT2D eigenvalue weighted by Gasteiger charge is 2.19. The number of amides is 3. The van der Waals surface area contributed by atoms with Crippen LogP contribution in [-0.2, 0) is 11.3 Å². The van der Waals surface area contributed by atoms with Gasteiger partial charge >= 0.3 is 6.03 Å². The first kappa shape index (κ1) is 20.0. The number of Topliss-reactive ketones (excluding diaryl/α,β-unsaturated/α-hetero) is 1. The van der Waals surface area contributed by atoms with Crippen LogP contribution in [0.3, 0.4) is 0 Å². The van der Waals surface area contributed by atoms with Crippen molar-refractivity contribution in [1.82, 2.24) is 10.6 Å². The monoisotopic (exact) mass is 370 g/mol. The number of ketones is 1. The van der Waals surface area contributed by atoms with E-state index < -0.39 is 18.0 Å². The third kappa shape index (κ3) is 5.85. The molecule has 2 N–H and O–H groups in total. The van der Waals surface area contributed by atoms with Gasteiger partial charge in [-0.1, -0.05) is 30.3 Å². The van der Waals surface area contributed by atoms with E-state index in [0.29, 0.717) is 23.6 Å². The van der Waals surface area contributed by atoms with Crippen LogP contribution in [0.2, 0.25) is 0 Å². The van der Waals surface area contributed by atoms with Crippen LogP contribution < -0.4 is 20.1 Å². The van der Waals surface area contributed by atoms with Crippen molar-refractivity contribution in [2.45, 2.75) is 26.5 Å². The normalized spacial score (nSPS) is 11.2. The fourth-order valence-electron chi connectivity index (χ4n) is 2.26. The molecule has 0 aliphatic carbocycles. The Kier molecular flexibility index (Phi) is 6.93. The van der Waals surface area contributed by atoms with Crippen LogP contribution in [0.25, 0.3) is 0 Å². The molecule has 7 nitrogen and oxygen atoms in total. The van der Waals surface area contributed by atoms with Gasteiger partial charge in [0, 0.05) is 12.1 Å². The average molecular weight is 370 g/mol. The Morgan fingerprint density at radius 3 is 2.37 bits per heavy atom. The van der Waals surface area contributed by atoms with E-state index in [1.54, 1.807) is 12.1 Å². The molecule has 0 aromatic heterocycles. The standard InChI is InChI=1S/C20H22N2O5/c1-13(23)16-9-10-17(18(11-16)26-3)27-14(2)19(24)22-20(25)21-12-15-7-5-4-6-8-15/h4-11,14H,12H2,1-3H3,(H2,21,22,24,25)/t14-/m0/s1. The van der Waals surface area contributed by atoms with E-state index in [1.165, 1.54) is 27.0 Å². The first-order chi connectivity index (χ1) is 12.9. The molecular formula is C20H22N2O5. The van der Waals surface area contributed by atoms with Gasteiger partial charge in [-0.15, -0.1) is 0 Å². The van der Waals surface area contributed by atoms with E-state index in [1.807, 2.05) is 30.3 Å². The number of urea groups is 1. The molecular weight excluding hydrogens is 348 g/mol. The second-order valence-electron chi connectivity index (χ2n) is 5.84. The summed E-state index contributed by atoms with van der Waals surface area (Å²) in [4.78, 5) is 35.5. The molecule has 7 heteroatoms. The maximum Gasteiger partial charge on any atom is 0.321 e. The van der Waals surface area contributed by atoms with Crippen LogP contribution in [0.15, 0.2) is 48.5 Å². The second kappa shape index (κ2) is 9.38. The summed E-state index contributed by atoms with van der Waals surface area (Å²) in [5, 5.41) is 4.83. The van der Waals surface area contributed by atoms with Gasteiger partial charge in [0.15, 0.2) is 23.4 Å². The quantitative estimate of drug-likeness (QED) is 0.731. The highest BCUT2D eigenvalue weighted by Crippen LogP contribution is 2.29. The summed E-state index contributed by atoms with van der Waals surface area (Å²) in [6, 6.07) is 13.4. The van der Waals surface area contributed by atoms with Gasteiger partial charge in [0.2, 0.25) is 0 Å². The topological polar surface area (TPSA) is 93.7 Å². The summed E-state index contributed by atoms with van der Waals surface area (Å²) in [5.74, 6) is -0.0790. The number of nitrogens with one attached hydrogen (secondary N) is 2. The van der Waals surface area contributed by atoms with E-state index in [0.717, 1.165) is 5.56 Å². The fourth-order valence-corrected chi connectivity index (χ4v) is 2.26. The zero-order valence-corrected chi connectivity index (χ0v) is 15.4. The summed E-state index contributed by atoms with van der Waals surface area (Å²) < 4.78 is 10.8. The lowest BCUT2D eigenvalue weighted by Crippen LogP contribution is -2.44. The van der Waals surface area contributed by atoms with Gasteiger partial charge in [-0.25, -0.2) is 4.79 Å². The van der Waals surface area contributed by atoms with Crippen LogP contribution in [0.5, 0.6) is 11.5 Å². The molecule has 0 fully saturated rings. The molecule has 3 amide bonds. The van der Waals surface area contributed by atoms with Gasteiger partial charge in [0.1, 0.15) is 0 Å². The minimum Gasteiger partial charge on any atom is -0.493 e. The lowest BCUT2D eigenvalue weighted by Gasteiger charge is -2.17. The van der Waals surface area contributed by atoms with Crippen molar-refractivity contribution in [2.24, 2.45) is 0 Å². The van der Waals surface area contributed by atoms with Gasteiger partial charge in [-0.05, 0) is 37.6 Å². The summed E-state index contributed by atoms with van der Waals surface area (Å²) >= 11 is 0. The van der Waals surface area contributed by atoms with E-state index in [2.05, 4.69) is 10.6 Å². The van der Waals surface area contributed by atoms with Crippen molar-refractivity contribution in [3.63, 3.8) is 0 Å². The molecule has 142 valence electrons.